The highest BCUT2D eigenvalue weighted by atomic mass is 35.5. The maximum Gasteiger partial charge on any atom is 0.416 e. The van der Waals surface area contributed by atoms with Crippen LogP contribution in [0.1, 0.15) is 11.3 Å². The van der Waals surface area contributed by atoms with Gasteiger partial charge in [-0.15, -0.1) is 5.10 Å². The molecule has 2 heterocycles. The van der Waals surface area contributed by atoms with Crippen LogP contribution in [0.4, 0.5) is 24.9 Å². The number of hydrogen-bond acceptors (Lipinski definition) is 6. The monoisotopic (exact) mass is 447 g/mol. The number of alkyl halides is 3. The molecule has 0 saturated carbocycles. The molecule has 0 spiro atoms. The standard InChI is InChI=1S/C20H13ClF3N5O2/c1-11-9-16(30)17(28-29(11)15-7-5-13(21)6-8-15)18-26-27-19(31-18)25-14-4-2-3-12(10-14)20(22,23)24/h2-10H,1H3,(H,25,27). The van der Waals surface area contributed by atoms with Gasteiger partial charge in [-0.25, -0.2) is 4.68 Å². The summed E-state index contributed by atoms with van der Waals surface area (Å²) in [6, 6.07) is 12.5. The van der Waals surface area contributed by atoms with Crippen molar-refractivity contribution in [2.24, 2.45) is 0 Å². The number of aromatic nitrogens is 4. The Hall–Kier alpha value is -3.66. The van der Waals surface area contributed by atoms with Crippen LogP contribution in [0.2, 0.25) is 5.02 Å². The van der Waals surface area contributed by atoms with Crippen LogP contribution < -0.4 is 10.7 Å². The highest BCUT2D eigenvalue weighted by Crippen LogP contribution is 2.31. The van der Waals surface area contributed by atoms with E-state index in [-0.39, 0.29) is 23.3 Å². The normalized spacial score (nSPS) is 11.5. The van der Waals surface area contributed by atoms with Crippen molar-refractivity contribution in [3.05, 3.63) is 81.1 Å². The minimum Gasteiger partial charge on any atom is -0.401 e. The van der Waals surface area contributed by atoms with Crippen molar-refractivity contribution in [2.45, 2.75) is 13.1 Å². The third-order valence-electron chi connectivity index (χ3n) is 4.25. The largest absolute Gasteiger partial charge is 0.416 e. The second-order valence-electron chi connectivity index (χ2n) is 6.50. The van der Waals surface area contributed by atoms with Gasteiger partial charge in [-0.05, 0) is 49.4 Å². The molecule has 2 aromatic heterocycles. The first-order chi connectivity index (χ1) is 14.7. The molecule has 4 aromatic rings. The molecule has 31 heavy (non-hydrogen) atoms. The summed E-state index contributed by atoms with van der Waals surface area (Å²) in [5.74, 6) is -0.179. The summed E-state index contributed by atoms with van der Waals surface area (Å²) in [7, 11) is 0. The second-order valence-corrected chi connectivity index (χ2v) is 6.94. The Morgan fingerprint density at radius 1 is 1.06 bits per heavy atom. The van der Waals surface area contributed by atoms with Crippen molar-refractivity contribution >= 4 is 23.3 Å². The zero-order valence-electron chi connectivity index (χ0n) is 15.8. The molecule has 1 N–H and O–H groups in total. The maximum absolute atomic E-state index is 12.9. The van der Waals surface area contributed by atoms with Crippen LogP contribution in [0.5, 0.6) is 0 Å². The molecule has 0 aliphatic heterocycles. The SMILES string of the molecule is Cc1cc(=O)c(-c2nnc(Nc3cccc(C(F)(F)F)c3)o2)nn1-c1ccc(Cl)cc1. The number of anilines is 2. The van der Waals surface area contributed by atoms with E-state index in [1.165, 1.54) is 22.9 Å². The zero-order chi connectivity index (χ0) is 22.2. The summed E-state index contributed by atoms with van der Waals surface area (Å²) in [4.78, 5) is 12.4. The summed E-state index contributed by atoms with van der Waals surface area (Å²) in [6.45, 7) is 1.71. The highest BCUT2D eigenvalue weighted by Gasteiger charge is 2.30. The number of nitrogens with one attached hydrogen (secondary N) is 1. The molecule has 0 bridgehead atoms. The number of rotatable bonds is 4. The number of halogens is 4. The van der Waals surface area contributed by atoms with E-state index in [1.54, 1.807) is 31.2 Å². The van der Waals surface area contributed by atoms with Crippen molar-refractivity contribution in [1.82, 2.24) is 20.0 Å². The molecular weight excluding hydrogens is 435 g/mol. The van der Waals surface area contributed by atoms with Crippen molar-refractivity contribution < 1.29 is 17.6 Å². The third-order valence-corrected chi connectivity index (χ3v) is 4.50. The fourth-order valence-corrected chi connectivity index (χ4v) is 2.93. The van der Waals surface area contributed by atoms with E-state index in [0.717, 1.165) is 12.1 Å². The van der Waals surface area contributed by atoms with E-state index in [4.69, 9.17) is 16.0 Å². The van der Waals surface area contributed by atoms with Gasteiger partial charge in [-0.1, -0.05) is 22.8 Å². The average Bonchev–Trinajstić information content (AvgIpc) is 3.17. The summed E-state index contributed by atoms with van der Waals surface area (Å²) in [6.07, 6.45) is -4.49. The van der Waals surface area contributed by atoms with Crippen LogP contribution >= 0.6 is 11.6 Å². The molecule has 0 saturated heterocycles. The first-order valence-electron chi connectivity index (χ1n) is 8.86. The van der Waals surface area contributed by atoms with Gasteiger partial charge in [0.1, 0.15) is 0 Å². The average molecular weight is 448 g/mol. The Labute approximate surface area is 178 Å². The fraction of sp³-hybridized carbons (Fsp3) is 0.100. The van der Waals surface area contributed by atoms with Crippen LogP contribution in [0.25, 0.3) is 17.3 Å². The van der Waals surface area contributed by atoms with Crippen LogP contribution in [0.15, 0.2) is 63.8 Å². The predicted molar refractivity (Wildman–Crippen MR) is 108 cm³/mol. The summed E-state index contributed by atoms with van der Waals surface area (Å²) >= 11 is 5.91. The molecule has 0 fully saturated rings. The lowest BCUT2D eigenvalue weighted by molar-refractivity contribution is -0.137. The Morgan fingerprint density at radius 3 is 2.52 bits per heavy atom. The predicted octanol–water partition coefficient (Wildman–Crippen LogP) is 5.01. The molecule has 158 valence electrons. The van der Waals surface area contributed by atoms with Crippen LogP contribution in [0.3, 0.4) is 0 Å². The third kappa shape index (κ3) is 4.43. The fourth-order valence-electron chi connectivity index (χ4n) is 2.81. The van der Waals surface area contributed by atoms with Crippen molar-refractivity contribution in [2.75, 3.05) is 5.32 Å². The minimum atomic E-state index is -4.49. The summed E-state index contributed by atoms with van der Waals surface area (Å²) in [5, 5.41) is 15.0. The van der Waals surface area contributed by atoms with Crippen molar-refractivity contribution in [1.29, 1.82) is 0 Å². The molecule has 4 rings (SSSR count). The van der Waals surface area contributed by atoms with E-state index < -0.39 is 17.2 Å². The van der Waals surface area contributed by atoms with E-state index in [0.29, 0.717) is 16.4 Å². The number of hydrogen-bond donors (Lipinski definition) is 1. The number of aryl methyl sites for hydroxylation is 1. The molecule has 0 radical (unpaired) electrons. The van der Waals surface area contributed by atoms with Gasteiger partial charge in [0.15, 0.2) is 5.69 Å². The van der Waals surface area contributed by atoms with Crippen molar-refractivity contribution in [3.63, 3.8) is 0 Å². The van der Waals surface area contributed by atoms with Gasteiger partial charge in [0.25, 0.3) is 5.89 Å². The molecule has 0 unspecified atom stereocenters. The molecule has 7 nitrogen and oxygen atoms in total. The van der Waals surface area contributed by atoms with Gasteiger partial charge in [0.2, 0.25) is 5.43 Å². The maximum atomic E-state index is 12.9. The first kappa shape index (κ1) is 20.6. The van der Waals surface area contributed by atoms with Crippen LogP contribution in [-0.2, 0) is 6.18 Å². The first-order valence-corrected chi connectivity index (χ1v) is 9.23. The number of benzene rings is 2. The Bertz CT molecular complexity index is 1300. The molecule has 0 atom stereocenters. The lowest BCUT2D eigenvalue weighted by Gasteiger charge is -2.10. The van der Waals surface area contributed by atoms with Crippen molar-refractivity contribution in [3.8, 4) is 17.3 Å². The lowest BCUT2D eigenvalue weighted by Crippen LogP contribution is -2.16. The van der Waals surface area contributed by atoms with Gasteiger partial charge >= 0.3 is 12.2 Å². The molecule has 0 aliphatic rings. The molecule has 11 heteroatoms. The van der Waals surface area contributed by atoms with E-state index in [1.807, 2.05) is 0 Å². The van der Waals surface area contributed by atoms with Gasteiger partial charge in [-0.3, -0.25) is 4.79 Å². The van der Waals surface area contributed by atoms with E-state index >= 15 is 0 Å². The molecule has 0 amide bonds. The van der Waals surface area contributed by atoms with Crippen LogP contribution in [-0.4, -0.2) is 20.0 Å². The Kier molecular flexibility index (Phi) is 5.24. The van der Waals surface area contributed by atoms with E-state index in [2.05, 4.69) is 20.6 Å². The summed E-state index contributed by atoms with van der Waals surface area (Å²) in [5.41, 5.74) is -0.0613. The second kappa shape index (κ2) is 7.88. The minimum absolute atomic E-state index is 0.0977. The summed E-state index contributed by atoms with van der Waals surface area (Å²) < 4.78 is 45.6. The van der Waals surface area contributed by atoms with Crippen LogP contribution in [0, 0.1) is 6.92 Å². The Morgan fingerprint density at radius 2 is 1.81 bits per heavy atom. The quantitative estimate of drug-likeness (QED) is 0.473. The number of nitrogens with zero attached hydrogens (tertiary/aromatic N) is 4. The van der Waals surface area contributed by atoms with E-state index in [9.17, 15) is 18.0 Å². The van der Waals surface area contributed by atoms with Gasteiger partial charge in [0.05, 0.1) is 11.3 Å². The zero-order valence-corrected chi connectivity index (χ0v) is 16.6. The molecular formula is C20H13ClF3N5O2. The lowest BCUT2D eigenvalue weighted by atomic mass is 10.2. The molecule has 0 aliphatic carbocycles. The van der Waals surface area contributed by atoms with Gasteiger partial charge in [0, 0.05) is 22.5 Å². The van der Waals surface area contributed by atoms with Gasteiger partial charge < -0.3 is 9.73 Å². The van der Waals surface area contributed by atoms with Gasteiger partial charge in [-0.2, -0.15) is 18.3 Å². The molecule has 2 aromatic carbocycles. The smallest absolute Gasteiger partial charge is 0.401 e. The topological polar surface area (TPSA) is 85.8 Å². The Balaban J connectivity index is 1.66. The highest BCUT2D eigenvalue weighted by molar-refractivity contribution is 6.30.